The van der Waals surface area contributed by atoms with Crippen molar-refractivity contribution in [3.63, 3.8) is 0 Å². The van der Waals surface area contributed by atoms with Crippen LogP contribution in [0.15, 0.2) is 406 Å². The summed E-state index contributed by atoms with van der Waals surface area (Å²) in [5.74, 6) is 0. The van der Waals surface area contributed by atoms with Crippen molar-refractivity contribution >= 4 is 140 Å². The van der Waals surface area contributed by atoms with Gasteiger partial charge in [0.2, 0.25) is 0 Å². The molecule has 0 atom stereocenters. The van der Waals surface area contributed by atoms with Gasteiger partial charge in [-0.05, 0) is 177 Å². The van der Waals surface area contributed by atoms with Crippen LogP contribution in [0.4, 0.5) is 51.2 Å². The first-order chi connectivity index (χ1) is 54.1. The smallest absolute Gasteiger partial charge is 0.252 e. The SMILES string of the molecule is c1ccc(-c2cc(-c3ccccc3)cc(N3c4cc(-n5c6ccccc6c6ccccc65)ccc4B4c5ccc(N(c6ccccc6)c6ccc(-n7c8ccccc8c8ccccc87)cc6)cc5N(c5c(-c6ccccc6)cccc5-c5ccccc5)c5cc(-n6c7ccccc7c7ccccc76)cc3c54)c2)cc1. The van der Waals surface area contributed by atoms with Crippen molar-refractivity contribution in [2.45, 2.75) is 0 Å². The average Bonchev–Trinajstić information content (AvgIpc) is 1.12. The van der Waals surface area contributed by atoms with Crippen molar-refractivity contribution in [2.75, 3.05) is 14.7 Å². The Labute approximate surface area is 632 Å². The largest absolute Gasteiger partial charge is 0.311 e. The summed E-state index contributed by atoms with van der Waals surface area (Å²) < 4.78 is 7.42. The fourth-order valence-electron chi connectivity index (χ4n) is 18.1. The Morgan fingerprint density at radius 2 is 0.541 bits per heavy atom. The van der Waals surface area contributed by atoms with Gasteiger partial charge in [0.25, 0.3) is 6.71 Å². The topological polar surface area (TPSA) is 24.5 Å². The highest BCUT2D eigenvalue weighted by atomic mass is 15.2. The maximum Gasteiger partial charge on any atom is 0.252 e. The number of nitrogens with zero attached hydrogens (tertiary/aromatic N) is 6. The van der Waals surface area contributed by atoms with E-state index in [9.17, 15) is 0 Å². The van der Waals surface area contributed by atoms with Crippen LogP contribution in [-0.4, -0.2) is 20.4 Å². The number of benzene rings is 17. The second-order valence-electron chi connectivity index (χ2n) is 28.7. The molecule has 0 spiro atoms. The number of aromatic nitrogens is 3. The van der Waals surface area contributed by atoms with Crippen LogP contribution >= 0.6 is 0 Å². The molecule has 6 nitrogen and oxygen atoms in total. The monoisotopic (exact) mass is 1390 g/mol. The molecule has 0 saturated heterocycles. The van der Waals surface area contributed by atoms with Gasteiger partial charge in [0, 0.05) is 100 Å². The molecule has 5 heterocycles. The zero-order valence-electron chi connectivity index (χ0n) is 59.4. The first kappa shape index (κ1) is 62.0. The molecule has 17 aromatic carbocycles. The second-order valence-corrected chi connectivity index (χ2v) is 28.7. The van der Waals surface area contributed by atoms with Gasteiger partial charge in [0.1, 0.15) is 0 Å². The number of rotatable bonds is 12. The lowest BCUT2D eigenvalue weighted by atomic mass is 9.33. The molecule has 2 aliphatic heterocycles. The molecule has 3 aromatic heterocycles. The highest BCUT2D eigenvalue weighted by Gasteiger charge is 2.46. The Hall–Kier alpha value is -14.4. The molecule has 0 radical (unpaired) electrons. The van der Waals surface area contributed by atoms with Gasteiger partial charge in [-0.1, -0.05) is 279 Å². The van der Waals surface area contributed by atoms with Crippen molar-refractivity contribution in [1.29, 1.82) is 0 Å². The Morgan fingerprint density at radius 1 is 0.202 bits per heavy atom. The van der Waals surface area contributed by atoms with Crippen LogP contribution in [0.1, 0.15) is 0 Å². The zero-order chi connectivity index (χ0) is 71.6. The van der Waals surface area contributed by atoms with E-state index in [1.165, 1.54) is 59.7 Å². The van der Waals surface area contributed by atoms with Crippen LogP contribution in [0, 0.1) is 0 Å². The molecule has 0 amide bonds. The van der Waals surface area contributed by atoms with E-state index in [-0.39, 0.29) is 6.71 Å². The van der Waals surface area contributed by atoms with Crippen LogP contribution < -0.4 is 31.1 Å². The summed E-state index contributed by atoms with van der Waals surface area (Å²) in [6, 6.07) is 151. The van der Waals surface area contributed by atoms with Crippen molar-refractivity contribution in [2.24, 2.45) is 0 Å². The highest BCUT2D eigenvalue weighted by Crippen LogP contribution is 2.54. The number of para-hydroxylation sites is 8. The molecular formula is C102H67BN6. The molecule has 0 unspecified atom stereocenters. The molecule has 0 N–H and O–H groups in total. The van der Waals surface area contributed by atoms with Crippen LogP contribution in [0.3, 0.4) is 0 Å². The summed E-state index contributed by atoms with van der Waals surface area (Å²) in [6.45, 7) is -0.290. The summed E-state index contributed by atoms with van der Waals surface area (Å²) in [6.07, 6.45) is 0. The molecule has 0 saturated carbocycles. The Morgan fingerprint density at radius 3 is 1.00 bits per heavy atom. The van der Waals surface area contributed by atoms with Crippen LogP contribution in [0.2, 0.25) is 0 Å². The molecule has 7 heteroatoms. The summed E-state index contributed by atoms with van der Waals surface area (Å²) in [7, 11) is 0. The van der Waals surface area contributed by atoms with Gasteiger partial charge in [-0.25, -0.2) is 0 Å². The molecule has 0 fully saturated rings. The van der Waals surface area contributed by atoms with Gasteiger partial charge in [0.05, 0.1) is 44.5 Å². The van der Waals surface area contributed by atoms with E-state index in [2.05, 4.69) is 435 Å². The lowest BCUT2D eigenvalue weighted by Gasteiger charge is -2.45. The molecule has 0 aliphatic carbocycles. The maximum atomic E-state index is 2.68. The van der Waals surface area contributed by atoms with Gasteiger partial charge in [-0.3, -0.25) is 0 Å². The van der Waals surface area contributed by atoms with Gasteiger partial charge in [-0.15, -0.1) is 0 Å². The molecule has 22 rings (SSSR count). The van der Waals surface area contributed by atoms with Crippen molar-refractivity contribution < 1.29 is 0 Å². The summed E-state index contributed by atoms with van der Waals surface area (Å²) in [5.41, 5.74) is 32.3. The van der Waals surface area contributed by atoms with Crippen molar-refractivity contribution in [3.05, 3.63) is 406 Å². The van der Waals surface area contributed by atoms with Crippen LogP contribution in [-0.2, 0) is 0 Å². The Balaban J connectivity index is 0.876. The summed E-state index contributed by atoms with van der Waals surface area (Å²) >= 11 is 0. The van der Waals surface area contributed by atoms with E-state index in [0.29, 0.717) is 0 Å². The number of hydrogen-bond acceptors (Lipinski definition) is 3. The minimum Gasteiger partial charge on any atom is -0.311 e. The van der Waals surface area contributed by atoms with Crippen LogP contribution in [0.25, 0.3) is 127 Å². The zero-order valence-corrected chi connectivity index (χ0v) is 59.4. The quantitative estimate of drug-likeness (QED) is 0.114. The maximum absolute atomic E-state index is 2.68. The van der Waals surface area contributed by atoms with Gasteiger partial charge in [0.15, 0.2) is 0 Å². The fourth-order valence-corrected chi connectivity index (χ4v) is 18.1. The van der Waals surface area contributed by atoms with E-state index >= 15 is 0 Å². The van der Waals surface area contributed by atoms with E-state index in [4.69, 9.17) is 0 Å². The van der Waals surface area contributed by atoms with Gasteiger partial charge >= 0.3 is 0 Å². The van der Waals surface area contributed by atoms with Gasteiger partial charge in [-0.2, -0.15) is 0 Å². The van der Waals surface area contributed by atoms with E-state index < -0.39 is 0 Å². The van der Waals surface area contributed by atoms with E-state index in [1.54, 1.807) is 0 Å². The van der Waals surface area contributed by atoms with Crippen LogP contribution in [0.5, 0.6) is 0 Å². The number of hydrogen-bond donors (Lipinski definition) is 0. The number of fused-ring (bicyclic) bond motifs is 13. The average molecular weight is 1390 g/mol. The standard InChI is InChI=1S/C102H67BN6/c1-6-29-68(30-7-1)72-61-73(69-31-8-2-9-32-69)63-79(62-72)108-97-65-78(106-93-49-24-18-41-85(93)86-42-19-25-50-94(86)106)58-60-89(97)103-90-59-57-77(104(74-37-14-5-15-38-74)75-53-55-76(56-54-75)105-91-47-22-16-39-83(91)84-40-17-23-48-92(84)105)64-98(90)109(102-81(70-33-10-3-11-34-70)45-28-46-82(102)71-35-12-4-13-36-71)100-67-80(66-99(108)101(100)103)107-95-51-26-20-43-87(95)88-44-21-27-52-96(88)107/h1-67H. The predicted octanol–water partition coefficient (Wildman–Crippen LogP) is 25.2. The van der Waals surface area contributed by atoms with Gasteiger partial charge < -0.3 is 28.4 Å². The first-order valence-corrected chi connectivity index (χ1v) is 37.6. The molecular weight excluding hydrogens is 1320 g/mol. The minimum absolute atomic E-state index is 0.290. The molecule has 0 bridgehead atoms. The molecule has 508 valence electrons. The molecule has 109 heavy (non-hydrogen) atoms. The highest BCUT2D eigenvalue weighted by molar-refractivity contribution is 7.00. The fraction of sp³-hybridized carbons (Fsp3) is 0. The second kappa shape index (κ2) is 25.2. The normalized spacial score (nSPS) is 12.3. The Bertz CT molecular complexity index is 6710. The van der Waals surface area contributed by atoms with E-state index in [0.717, 1.165) is 135 Å². The van der Waals surface area contributed by atoms with E-state index in [1.807, 2.05) is 0 Å². The predicted molar refractivity (Wildman–Crippen MR) is 460 cm³/mol. The summed E-state index contributed by atoms with van der Waals surface area (Å²) in [5, 5.41) is 7.29. The Kier molecular flexibility index (Phi) is 14.3. The molecule has 2 aliphatic rings. The van der Waals surface area contributed by atoms with Crippen molar-refractivity contribution in [3.8, 4) is 61.6 Å². The third kappa shape index (κ3) is 9.91. The minimum atomic E-state index is -0.290. The first-order valence-electron chi connectivity index (χ1n) is 37.6. The third-order valence-corrected chi connectivity index (χ3v) is 22.7. The van der Waals surface area contributed by atoms with Crippen molar-refractivity contribution in [1.82, 2.24) is 13.7 Å². The lowest BCUT2D eigenvalue weighted by Crippen LogP contribution is -2.61. The number of anilines is 9. The molecule has 20 aromatic rings. The summed E-state index contributed by atoms with van der Waals surface area (Å²) in [4.78, 5) is 7.76. The third-order valence-electron chi connectivity index (χ3n) is 22.7. The lowest BCUT2D eigenvalue weighted by molar-refractivity contribution is 1.15.